The van der Waals surface area contributed by atoms with Crippen LogP contribution in [0.1, 0.15) is 21.5 Å². The molecule has 0 fully saturated rings. The van der Waals surface area contributed by atoms with Crippen molar-refractivity contribution in [3.8, 4) is 11.8 Å². The molecule has 2 rings (SSSR count). The average Bonchev–Trinajstić information content (AvgIpc) is 2.49. The second-order valence-corrected chi connectivity index (χ2v) is 4.41. The van der Waals surface area contributed by atoms with Gasteiger partial charge in [-0.1, -0.05) is 17.9 Å². The summed E-state index contributed by atoms with van der Waals surface area (Å²) >= 11 is 0. The molecule has 0 bridgehead atoms. The Bertz CT molecular complexity index is 732. The predicted molar refractivity (Wildman–Crippen MR) is 79.3 cm³/mol. The minimum atomic E-state index is -0.485. The lowest BCUT2D eigenvalue weighted by atomic mass is 10.1. The maximum atomic E-state index is 13.6. The monoisotopic (exact) mass is 283 g/mol. The maximum absolute atomic E-state index is 13.6. The van der Waals surface area contributed by atoms with Crippen molar-refractivity contribution in [3.05, 3.63) is 59.2 Å². The number of nitrogens with one attached hydrogen (secondary N) is 1. The van der Waals surface area contributed by atoms with Crippen molar-refractivity contribution in [3.63, 3.8) is 0 Å². The molecule has 3 N–H and O–H groups in total. The highest BCUT2D eigenvalue weighted by Gasteiger charge is 2.10. The third kappa shape index (κ3) is 3.88. The van der Waals surface area contributed by atoms with Crippen molar-refractivity contribution in [2.24, 2.45) is 5.73 Å². The molecule has 1 heterocycles. The normalized spacial score (nSPS) is 9.67. The van der Waals surface area contributed by atoms with Crippen LogP contribution >= 0.6 is 0 Å². The van der Waals surface area contributed by atoms with Crippen LogP contribution in [-0.4, -0.2) is 17.4 Å². The van der Waals surface area contributed by atoms with Crippen LogP contribution in [-0.2, 0) is 0 Å². The molecule has 0 spiro atoms. The predicted octanol–water partition coefficient (Wildman–Crippen LogP) is 2.09. The van der Waals surface area contributed by atoms with E-state index in [2.05, 4.69) is 22.1 Å². The van der Waals surface area contributed by atoms with Crippen LogP contribution in [0.15, 0.2) is 36.7 Å². The van der Waals surface area contributed by atoms with Crippen LogP contribution < -0.4 is 11.1 Å². The molecule has 4 nitrogen and oxygen atoms in total. The van der Waals surface area contributed by atoms with Gasteiger partial charge in [0.05, 0.1) is 17.8 Å². The Balaban J connectivity index is 2.22. The maximum Gasteiger partial charge on any atom is 0.257 e. The quantitative estimate of drug-likeness (QED) is 0.829. The summed E-state index contributed by atoms with van der Waals surface area (Å²) in [5.74, 6) is 4.55. The van der Waals surface area contributed by atoms with E-state index in [-0.39, 0.29) is 12.2 Å². The number of benzene rings is 1. The summed E-state index contributed by atoms with van der Waals surface area (Å²) in [6, 6.07) is 6.10. The van der Waals surface area contributed by atoms with Crippen molar-refractivity contribution in [1.82, 2.24) is 4.98 Å². The summed E-state index contributed by atoms with van der Waals surface area (Å²) in [5, 5.41) is 2.52. The average molecular weight is 283 g/mol. The second-order valence-electron chi connectivity index (χ2n) is 4.41. The molecule has 1 amide bonds. The molecule has 21 heavy (non-hydrogen) atoms. The van der Waals surface area contributed by atoms with E-state index in [1.54, 1.807) is 18.2 Å². The first-order valence-corrected chi connectivity index (χ1v) is 6.31. The zero-order valence-electron chi connectivity index (χ0n) is 11.5. The first-order chi connectivity index (χ1) is 10.1. The van der Waals surface area contributed by atoms with Gasteiger partial charge in [0.1, 0.15) is 5.82 Å². The van der Waals surface area contributed by atoms with E-state index < -0.39 is 11.7 Å². The summed E-state index contributed by atoms with van der Waals surface area (Å²) in [7, 11) is 0. The first kappa shape index (κ1) is 14.7. The standard InChI is InChI=1S/C16H14FN3O/c1-11-4-5-14(17)15(7-11)20-16(21)13-8-12(3-2-6-18)9-19-10-13/h4-5,7-10H,6,18H2,1H3,(H,20,21). The molecule has 5 heteroatoms. The van der Waals surface area contributed by atoms with Gasteiger partial charge >= 0.3 is 0 Å². The lowest BCUT2D eigenvalue weighted by molar-refractivity contribution is 0.102. The molecule has 106 valence electrons. The SMILES string of the molecule is Cc1ccc(F)c(NC(=O)c2cncc(C#CCN)c2)c1. The van der Waals surface area contributed by atoms with Gasteiger partial charge in [-0.05, 0) is 30.7 Å². The van der Waals surface area contributed by atoms with Crippen LogP contribution in [0.3, 0.4) is 0 Å². The molecule has 0 radical (unpaired) electrons. The molecule has 0 saturated carbocycles. The van der Waals surface area contributed by atoms with E-state index in [1.165, 1.54) is 18.5 Å². The molecule has 1 aromatic carbocycles. The van der Waals surface area contributed by atoms with E-state index >= 15 is 0 Å². The summed E-state index contributed by atoms with van der Waals surface area (Å²) in [5.41, 5.74) is 7.17. The second kappa shape index (κ2) is 6.64. The van der Waals surface area contributed by atoms with Gasteiger partial charge in [-0.25, -0.2) is 4.39 Å². The number of hydrogen-bond acceptors (Lipinski definition) is 3. The van der Waals surface area contributed by atoms with Gasteiger partial charge in [0.15, 0.2) is 0 Å². The number of aromatic nitrogens is 1. The number of pyridine rings is 1. The van der Waals surface area contributed by atoms with Gasteiger partial charge in [0.2, 0.25) is 0 Å². The fraction of sp³-hybridized carbons (Fsp3) is 0.125. The summed E-state index contributed by atoms with van der Waals surface area (Å²) in [4.78, 5) is 16.1. The largest absolute Gasteiger partial charge is 0.320 e. The van der Waals surface area contributed by atoms with Gasteiger partial charge in [-0.15, -0.1) is 0 Å². The van der Waals surface area contributed by atoms with Crippen LogP contribution in [0.25, 0.3) is 0 Å². The number of amides is 1. The van der Waals surface area contributed by atoms with E-state index in [9.17, 15) is 9.18 Å². The van der Waals surface area contributed by atoms with Crippen LogP contribution in [0.2, 0.25) is 0 Å². The van der Waals surface area contributed by atoms with Crippen LogP contribution in [0.5, 0.6) is 0 Å². The van der Waals surface area contributed by atoms with Crippen molar-refractivity contribution < 1.29 is 9.18 Å². The van der Waals surface area contributed by atoms with E-state index in [0.29, 0.717) is 11.1 Å². The molecule has 2 aromatic rings. The molecule has 0 atom stereocenters. The Morgan fingerprint density at radius 2 is 2.19 bits per heavy atom. The Morgan fingerprint density at radius 1 is 1.38 bits per heavy atom. The number of aryl methyl sites for hydroxylation is 1. The summed E-state index contributed by atoms with van der Waals surface area (Å²) in [6.07, 6.45) is 2.93. The molecule has 0 aliphatic rings. The van der Waals surface area contributed by atoms with Gasteiger partial charge in [-0.2, -0.15) is 0 Å². The van der Waals surface area contributed by atoms with Gasteiger partial charge in [0, 0.05) is 18.0 Å². The van der Waals surface area contributed by atoms with E-state index in [4.69, 9.17) is 5.73 Å². The van der Waals surface area contributed by atoms with Crippen molar-refractivity contribution in [2.45, 2.75) is 6.92 Å². The Morgan fingerprint density at radius 3 is 2.95 bits per heavy atom. The Kier molecular flexibility index (Phi) is 4.64. The number of anilines is 1. The number of nitrogens with zero attached hydrogens (tertiary/aromatic N) is 1. The molecular formula is C16H14FN3O. The van der Waals surface area contributed by atoms with E-state index in [1.807, 2.05) is 6.92 Å². The zero-order valence-corrected chi connectivity index (χ0v) is 11.5. The smallest absolute Gasteiger partial charge is 0.257 e. The topological polar surface area (TPSA) is 68.0 Å². The molecule has 0 unspecified atom stereocenters. The van der Waals surface area contributed by atoms with Crippen molar-refractivity contribution in [1.29, 1.82) is 0 Å². The third-order valence-corrected chi connectivity index (χ3v) is 2.71. The zero-order chi connectivity index (χ0) is 15.2. The number of carbonyl (C=O) groups excluding carboxylic acids is 1. The first-order valence-electron chi connectivity index (χ1n) is 6.31. The molecular weight excluding hydrogens is 269 g/mol. The van der Waals surface area contributed by atoms with Gasteiger partial charge < -0.3 is 11.1 Å². The minimum absolute atomic E-state index is 0.137. The van der Waals surface area contributed by atoms with Gasteiger partial charge in [-0.3, -0.25) is 9.78 Å². The molecule has 0 saturated heterocycles. The fourth-order valence-corrected chi connectivity index (χ4v) is 1.71. The Hall–Kier alpha value is -2.71. The number of carbonyl (C=O) groups is 1. The number of rotatable bonds is 2. The van der Waals surface area contributed by atoms with Crippen LogP contribution in [0.4, 0.5) is 10.1 Å². The van der Waals surface area contributed by atoms with Crippen LogP contribution in [0, 0.1) is 24.6 Å². The minimum Gasteiger partial charge on any atom is -0.320 e. The van der Waals surface area contributed by atoms with E-state index in [0.717, 1.165) is 5.56 Å². The Labute approximate surface area is 122 Å². The number of halogens is 1. The molecule has 0 aliphatic carbocycles. The molecule has 0 aliphatic heterocycles. The lowest BCUT2D eigenvalue weighted by Crippen LogP contribution is -2.13. The number of nitrogens with two attached hydrogens (primary N) is 1. The van der Waals surface area contributed by atoms with Gasteiger partial charge in [0.25, 0.3) is 5.91 Å². The summed E-state index contributed by atoms with van der Waals surface area (Å²) in [6.45, 7) is 2.05. The number of hydrogen-bond donors (Lipinski definition) is 2. The highest BCUT2D eigenvalue weighted by molar-refractivity contribution is 6.04. The summed E-state index contributed by atoms with van der Waals surface area (Å²) < 4.78 is 13.6. The fourth-order valence-electron chi connectivity index (χ4n) is 1.71. The molecule has 1 aromatic heterocycles. The highest BCUT2D eigenvalue weighted by Crippen LogP contribution is 2.16. The third-order valence-electron chi connectivity index (χ3n) is 2.71. The van der Waals surface area contributed by atoms with Crippen molar-refractivity contribution >= 4 is 11.6 Å². The van der Waals surface area contributed by atoms with Crippen molar-refractivity contribution in [2.75, 3.05) is 11.9 Å². The lowest BCUT2D eigenvalue weighted by Gasteiger charge is -2.07. The highest BCUT2D eigenvalue weighted by atomic mass is 19.1.